The molecule has 0 fully saturated rings. The van der Waals surface area contributed by atoms with Gasteiger partial charge in [0.25, 0.3) is 0 Å². The Bertz CT molecular complexity index is 1310. The molecule has 0 unspecified atom stereocenters. The van der Waals surface area contributed by atoms with Gasteiger partial charge in [0, 0.05) is 36.4 Å². The first-order chi connectivity index (χ1) is 16.5. The summed E-state index contributed by atoms with van der Waals surface area (Å²) in [6, 6.07) is 9.31. The lowest BCUT2D eigenvalue weighted by molar-refractivity contribution is -0.121. The highest BCUT2D eigenvalue weighted by molar-refractivity contribution is 7.13. The predicted molar refractivity (Wildman–Crippen MR) is 130 cm³/mol. The number of hydrogen-bond donors (Lipinski definition) is 1. The number of aryl methyl sites for hydroxylation is 2. The van der Waals surface area contributed by atoms with Crippen molar-refractivity contribution in [1.82, 2.24) is 15.5 Å². The second kappa shape index (κ2) is 11.1. The van der Waals surface area contributed by atoms with Gasteiger partial charge >= 0.3 is 5.63 Å². The van der Waals surface area contributed by atoms with Crippen LogP contribution in [-0.4, -0.2) is 29.7 Å². The Hall–Kier alpha value is -3.46. The van der Waals surface area contributed by atoms with Gasteiger partial charge in [-0.1, -0.05) is 17.6 Å². The number of methoxy groups -OCH3 is 1. The molecule has 1 N–H and O–H groups in total. The minimum absolute atomic E-state index is 0.0777. The van der Waals surface area contributed by atoms with E-state index in [1.165, 1.54) is 0 Å². The minimum Gasteiger partial charge on any atom is -0.497 e. The fourth-order valence-electron chi connectivity index (χ4n) is 3.79. The quantitative estimate of drug-likeness (QED) is 0.245. The summed E-state index contributed by atoms with van der Waals surface area (Å²) in [6.45, 7) is 2.47. The molecular formula is C25H27N3O5S. The van der Waals surface area contributed by atoms with Crippen molar-refractivity contribution in [3.05, 3.63) is 63.1 Å². The lowest BCUT2D eigenvalue weighted by atomic mass is 10.0. The molecule has 0 aliphatic carbocycles. The Balaban J connectivity index is 1.18. The van der Waals surface area contributed by atoms with Crippen molar-refractivity contribution < 1.29 is 18.5 Å². The molecule has 0 saturated heterocycles. The molecule has 8 nitrogen and oxygen atoms in total. The molecule has 0 aliphatic rings. The fraction of sp³-hybridized carbons (Fsp3) is 0.360. The largest absolute Gasteiger partial charge is 0.497 e. The van der Waals surface area contributed by atoms with Gasteiger partial charge in [0.2, 0.25) is 17.6 Å². The molecule has 1 aromatic carbocycles. The van der Waals surface area contributed by atoms with E-state index in [2.05, 4.69) is 15.5 Å². The molecule has 34 heavy (non-hydrogen) atoms. The lowest BCUT2D eigenvalue weighted by Gasteiger charge is -2.09. The van der Waals surface area contributed by atoms with Crippen LogP contribution in [0.5, 0.6) is 5.75 Å². The molecule has 0 atom stereocenters. The molecule has 0 radical (unpaired) electrons. The second-order valence-corrected chi connectivity index (χ2v) is 8.95. The number of fused-ring (bicyclic) bond motifs is 1. The number of rotatable bonds is 11. The van der Waals surface area contributed by atoms with Gasteiger partial charge in [0.1, 0.15) is 11.3 Å². The van der Waals surface area contributed by atoms with Crippen molar-refractivity contribution in [2.45, 2.75) is 45.4 Å². The molecule has 0 aliphatic heterocycles. The maximum atomic E-state index is 12.4. The van der Waals surface area contributed by atoms with Crippen molar-refractivity contribution >= 4 is 28.2 Å². The van der Waals surface area contributed by atoms with Crippen LogP contribution in [0.25, 0.3) is 21.7 Å². The summed E-state index contributed by atoms with van der Waals surface area (Å²) >= 11 is 1.58. The first-order valence-corrected chi connectivity index (χ1v) is 12.2. The predicted octanol–water partition coefficient (Wildman–Crippen LogP) is 4.68. The van der Waals surface area contributed by atoms with E-state index in [4.69, 9.17) is 13.7 Å². The Morgan fingerprint density at radius 1 is 1.18 bits per heavy atom. The van der Waals surface area contributed by atoms with Crippen LogP contribution in [0.4, 0.5) is 0 Å². The third-order valence-electron chi connectivity index (χ3n) is 5.70. The van der Waals surface area contributed by atoms with Crippen LogP contribution in [-0.2, 0) is 17.6 Å². The smallest absolute Gasteiger partial charge is 0.339 e. The van der Waals surface area contributed by atoms with Crippen molar-refractivity contribution in [3.63, 3.8) is 0 Å². The normalized spacial score (nSPS) is 11.1. The average Bonchev–Trinajstić information content (AvgIpc) is 3.53. The zero-order valence-corrected chi connectivity index (χ0v) is 20.1. The summed E-state index contributed by atoms with van der Waals surface area (Å²) in [7, 11) is 1.56. The van der Waals surface area contributed by atoms with Gasteiger partial charge in [-0.25, -0.2) is 4.79 Å². The van der Waals surface area contributed by atoms with Gasteiger partial charge in [-0.3, -0.25) is 4.79 Å². The number of hydrogen-bond acceptors (Lipinski definition) is 8. The number of thiophene rings is 1. The summed E-state index contributed by atoms with van der Waals surface area (Å²) in [5.41, 5.74) is 1.45. The first-order valence-electron chi connectivity index (χ1n) is 11.3. The number of aromatic nitrogens is 2. The summed E-state index contributed by atoms with van der Waals surface area (Å²) in [6.07, 6.45) is 4.00. The Labute approximate surface area is 200 Å². The maximum Gasteiger partial charge on any atom is 0.339 e. The minimum atomic E-state index is -0.408. The topological polar surface area (TPSA) is 107 Å². The third kappa shape index (κ3) is 5.72. The van der Waals surface area contributed by atoms with Gasteiger partial charge in [-0.05, 0) is 55.3 Å². The molecule has 3 heterocycles. The Morgan fingerprint density at radius 2 is 2.06 bits per heavy atom. The summed E-state index contributed by atoms with van der Waals surface area (Å²) in [5, 5.41) is 9.77. The van der Waals surface area contributed by atoms with Crippen LogP contribution < -0.4 is 15.7 Å². The summed E-state index contributed by atoms with van der Waals surface area (Å²) in [4.78, 5) is 30.1. The van der Waals surface area contributed by atoms with Crippen LogP contribution in [0.15, 0.2) is 49.4 Å². The Morgan fingerprint density at radius 3 is 2.85 bits per heavy atom. The van der Waals surface area contributed by atoms with Crippen molar-refractivity contribution in [3.8, 4) is 16.5 Å². The molecule has 1 amide bonds. The van der Waals surface area contributed by atoms with E-state index < -0.39 is 5.63 Å². The van der Waals surface area contributed by atoms with Gasteiger partial charge in [0.05, 0.1) is 12.0 Å². The highest BCUT2D eigenvalue weighted by atomic mass is 32.1. The number of carbonyl (C=O) groups excluding carboxylic acids is 1. The van der Waals surface area contributed by atoms with Crippen LogP contribution in [0.3, 0.4) is 0 Å². The van der Waals surface area contributed by atoms with E-state index in [-0.39, 0.29) is 12.3 Å². The third-order valence-corrected chi connectivity index (χ3v) is 6.56. The van der Waals surface area contributed by atoms with Gasteiger partial charge < -0.3 is 19.0 Å². The molecule has 0 saturated carbocycles. The van der Waals surface area contributed by atoms with Crippen molar-refractivity contribution in [2.24, 2.45) is 0 Å². The number of benzene rings is 1. The van der Waals surface area contributed by atoms with Gasteiger partial charge in [-0.15, -0.1) is 11.3 Å². The lowest BCUT2D eigenvalue weighted by Crippen LogP contribution is -2.25. The number of ether oxygens (including phenoxy) is 1. The number of nitrogens with one attached hydrogen (secondary N) is 1. The van der Waals surface area contributed by atoms with Crippen LogP contribution >= 0.6 is 11.3 Å². The average molecular weight is 482 g/mol. The Kier molecular flexibility index (Phi) is 7.74. The summed E-state index contributed by atoms with van der Waals surface area (Å²) in [5.74, 6) is 1.82. The monoisotopic (exact) mass is 481 g/mol. The van der Waals surface area contributed by atoms with Crippen LogP contribution in [0.1, 0.15) is 42.7 Å². The zero-order chi connectivity index (χ0) is 23.9. The second-order valence-electron chi connectivity index (χ2n) is 8.00. The van der Waals surface area contributed by atoms with E-state index in [0.29, 0.717) is 41.6 Å². The highest BCUT2D eigenvalue weighted by Crippen LogP contribution is 2.24. The maximum absolute atomic E-state index is 12.4. The molecule has 3 aromatic heterocycles. The molecule has 0 spiro atoms. The standard InChI is InChI=1S/C25H27N3O5S/c1-16-18-10-9-17(31-2)15-20(18)32-25(30)19(16)11-12-22(29)26-13-5-3-4-8-23-27-24(28-33-23)21-7-6-14-34-21/h6-7,9-10,14-15H,3-5,8,11-13H2,1-2H3,(H,26,29). The van der Waals surface area contributed by atoms with E-state index in [0.717, 1.165) is 41.5 Å². The molecule has 178 valence electrons. The van der Waals surface area contributed by atoms with E-state index >= 15 is 0 Å². The molecule has 9 heteroatoms. The molecule has 4 rings (SSSR count). The van der Waals surface area contributed by atoms with Crippen LogP contribution in [0, 0.1) is 6.92 Å². The summed E-state index contributed by atoms with van der Waals surface area (Å²) < 4.78 is 15.9. The van der Waals surface area contributed by atoms with Crippen molar-refractivity contribution in [2.75, 3.05) is 13.7 Å². The van der Waals surface area contributed by atoms with Gasteiger partial charge in [-0.2, -0.15) is 4.98 Å². The number of nitrogens with zero attached hydrogens (tertiary/aromatic N) is 2. The number of unbranched alkanes of at least 4 members (excludes halogenated alkanes) is 2. The van der Waals surface area contributed by atoms with E-state index in [1.54, 1.807) is 24.5 Å². The first kappa shape index (κ1) is 23.7. The molecule has 4 aromatic rings. The zero-order valence-electron chi connectivity index (χ0n) is 19.3. The van der Waals surface area contributed by atoms with Crippen molar-refractivity contribution in [1.29, 1.82) is 0 Å². The number of carbonyl (C=O) groups is 1. The van der Waals surface area contributed by atoms with E-state index in [9.17, 15) is 9.59 Å². The van der Waals surface area contributed by atoms with Gasteiger partial charge in [0.15, 0.2) is 0 Å². The van der Waals surface area contributed by atoms with E-state index in [1.807, 2.05) is 36.6 Å². The molecular weight excluding hydrogens is 454 g/mol. The SMILES string of the molecule is COc1ccc2c(C)c(CCC(=O)NCCCCCc3nc(-c4cccs4)no3)c(=O)oc2c1. The molecule has 0 bridgehead atoms. The van der Waals surface area contributed by atoms with Crippen LogP contribution in [0.2, 0.25) is 0 Å². The number of amides is 1. The fourth-order valence-corrected chi connectivity index (χ4v) is 4.43. The highest BCUT2D eigenvalue weighted by Gasteiger charge is 2.14.